The van der Waals surface area contributed by atoms with Crippen LogP contribution in [0, 0.1) is 18.8 Å². The minimum atomic E-state index is -0.517. The average molecular weight is 568 g/mol. The van der Waals surface area contributed by atoms with Crippen LogP contribution in [0.2, 0.25) is 0 Å². The van der Waals surface area contributed by atoms with Gasteiger partial charge in [0.2, 0.25) is 5.91 Å². The summed E-state index contributed by atoms with van der Waals surface area (Å²) in [6, 6.07) is 3.96. The summed E-state index contributed by atoms with van der Waals surface area (Å²) in [6.07, 6.45) is 2.72. The minimum Gasteiger partial charge on any atom is -0.444 e. The molecule has 41 heavy (non-hydrogen) atoms. The summed E-state index contributed by atoms with van der Waals surface area (Å²) in [5.74, 6) is 3.66. The topological polar surface area (TPSA) is 123 Å². The second-order valence-corrected chi connectivity index (χ2v) is 12.8. The lowest BCUT2D eigenvalue weighted by Gasteiger charge is -2.34. The van der Waals surface area contributed by atoms with Crippen LogP contribution in [0.4, 0.5) is 22.2 Å². The minimum absolute atomic E-state index is 0.0441. The normalized spacial score (nSPS) is 20.9. The number of piperidine rings is 1. The number of ether oxygens (including phenoxy) is 1. The number of aromatic nitrogens is 4. The van der Waals surface area contributed by atoms with Gasteiger partial charge in [-0.25, -0.2) is 14.8 Å². The number of carbonyl (C=O) groups excluding carboxylic acids is 2. The number of H-pyrrole nitrogens is 1. The van der Waals surface area contributed by atoms with Gasteiger partial charge in [-0.05, 0) is 59.9 Å². The molecule has 2 amide bonds. The average Bonchev–Trinajstić information content (AvgIpc) is 3.56. The van der Waals surface area contributed by atoms with Crippen LogP contribution in [-0.4, -0.2) is 112 Å². The van der Waals surface area contributed by atoms with Crippen LogP contribution in [0.25, 0.3) is 0 Å². The standard InChI is InChI=1S/C29H45N9O3/c1-20-16-25(34-33-20)31-24-18-26(36-14-12-35(5)13-15-36)32-23(30-24)17-21-6-9-38(19-21)27(39)22-7-10-37(11-8-22)28(40)41-29(2,3)4/h16,18,21-22H,6-15,17,19H2,1-5H3,(H2,30,31,32,33,34)/t21-/m0/s1. The van der Waals surface area contributed by atoms with Gasteiger partial charge in [0.05, 0.1) is 0 Å². The molecule has 1 atom stereocenters. The summed E-state index contributed by atoms with van der Waals surface area (Å²) in [4.78, 5) is 44.0. The van der Waals surface area contributed by atoms with E-state index in [1.54, 1.807) is 4.90 Å². The molecule has 2 aromatic heterocycles. The lowest BCUT2D eigenvalue weighted by atomic mass is 9.95. The molecule has 0 bridgehead atoms. The number of hydrogen-bond acceptors (Lipinski definition) is 9. The maximum atomic E-state index is 13.4. The van der Waals surface area contributed by atoms with Gasteiger partial charge in [-0.15, -0.1) is 0 Å². The SMILES string of the molecule is Cc1cc(Nc2cc(N3CCN(C)CC3)nc(C[C@@H]3CCN(C(=O)C4CCN(C(=O)OC(C)(C)C)CC4)C3)n2)n[nH]1. The molecular formula is C29H45N9O3. The summed E-state index contributed by atoms with van der Waals surface area (Å²) in [6.45, 7) is 14.0. The summed E-state index contributed by atoms with van der Waals surface area (Å²) in [7, 11) is 2.15. The molecule has 5 rings (SSSR count). The molecule has 0 spiro atoms. The number of amides is 2. The van der Waals surface area contributed by atoms with Crippen LogP contribution in [0.5, 0.6) is 0 Å². The van der Waals surface area contributed by atoms with Crippen molar-refractivity contribution < 1.29 is 14.3 Å². The van der Waals surface area contributed by atoms with Gasteiger partial charge >= 0.3 is 6.09 Å². The monoisotopic (exact) mass is 567 g/mol. The lowest BCUT2D eigenvalue weighted by Crippen LogP contribution is -2.45. The van der Waals surface area contributed by atoms with E-state index < -0.39 is 5.60 Å². The van der Waals surface area contributed by atoms with E-state index in [0.29, 0.717) is 38.4 Å². The highest BCUT2D eigenvalue weighted by Crippen LogP contribution is 2.28. The Balaban J connectivity index is 1.19. The summed E-state index contributed by atoms with van der Waals surface area (Å²) >= 11 is 0. The van der Waals surface area contributed by atoms with E-state index in [9.17, 15) is 9.59 Å². The lowest BCUT2D eigenvalue weighted by molar-refractivity contribution is -0.136. The molecule has 2 aromatic rings. The zero-order chi connectivity index (χ0) is 29.1. The van der Waals surface area contributed by atoms with Crippen molar-refractivity contribution in [2.24, 2.45) is 11.8 Å². The second kappa shape index (κ2) is 12.2. The third-order valence-corrected chi connectivity index (χ3v) is 8.11. The molecule has 3 aliphatic rings. The third kappa shape index (κ3) is 7.66. The highest BCUT2D eigenvalue weighted by molar-refractivity contribution is 5.79. The molecule has 12 heteroatoms. The van der Waals surface area contributed by atoms with Crippen LogP contribution < -0.4 is 10.2 Å². The highest BCUT2D eigenvalue weighted by Gasteiger charge is 2.35. The van der Waals surface area contributed by atoms with Gasteiger partial charge in [0, 0.05) is 82.5 Å². The fraction of sp³-hybridized carbons (Fsp3) is 0.690. The molecule has 0 radical (unpaired) electrons. The maximum absolute atomic E-state index is 13.4. The quantitative estimate of drug-likeness (QED) is 0.542. The van der Waals surface area contributed by atoms with E-state index in [0.717, 1.165) is 74.5 Å². The molecule has 2 N–H and O–H groups in total. The molecule has 224 valence electrons. The van der Waals surface area contributed by atoms with Gasteiger partial charge in [0.25, 0.3) is 0 Å². The van der Waals surface area contributed by atoms with Crippen molar-refractivity contribution in [3.05, 3.63) is 23.7 Å². The Morgan fingerprint density at radius 2 is 1.68 bits per heavy atom. The Morgan fingerprint density at radius 3 is 2.34 bits per heavy atom. The first-order chi connectivity index (χ1) is 19.5. The van der Waals surface area contributed by atoms with Gasteiger partial charge < -0.3 is 29.7 Å². The second-order valence-electron chi connectivity index (χ2n) is 12.8. The Hall–Kier alpha value is -3.41. The molecule has 0 aromatic carbocycles. The maximum Gasteiger partial charge on any atom is 0.410 e. The predicted octanol–water partition coefficient (Wildman–Crippen LogP) is 3.04. The van der Waals surface area contributed by atoms with Crippen LogP contribution in [-0.2, 0) is 16.0 Å². The van der Waals surface area contributed by atoms with Crippen molar-refractivity contribution in [1.82, 2.24) is 34.9 Å². The van der Waals surface area contributed by atoms with Crippen molar-refractivity contribution in [2.45, 2.75) is 59.0 Å². The van der Waals surface area contributed by atoms with Crippen molar-refractivity contribution >= 4 is 29.5 Å². The van der Waals surface area contributed by atoms with Gasteiger partial charge in [0.1, 0.15) is 23.1 Å². The van der Waals surface area contributed by atoms with E-state index >= 15 is 0 Å². The number of nitrogens with one attached hydrogen (secondary N) is 2. The number of likely N-dealkylation sites (N-methyl/N-ethyl adjacent to an activating group) is 1. The summed E-state index contributed by atoms with van der Waals surface area (Å²) in [5.41, 5.74) is 0.462. The third-order valence-electron chi connectivity index (χ3n) is 8.11. The van der Waals surface area contributed by atoms with Crippen LogP contribution in [0.3, 0.4) is 0 Å². The van der Waals surface area contributed by atoms with Gasteiger partial charge in [0.15, 0.2) is 5.82 Å². The van der Waals surface area contributed by atoms with Crippen molar-refractivity contribution in [3.8, 4) is 0 Å². The molecule has 0 aliphatic carbocycles. The first-order valence-corrected chi connectivity index (χ1v) is 14.9. The molecule has 0 saturated carbocycles. The molecule has 12 nitrogen and oxygen atoms in total. The first kappa shape index (κ1) is 29.1. The Labute approximate surface area is 242 Å². The summed E-state index contributed by atoms with van der Waals surface area (Å²) < 4.78 is 5.50. The number of piperazine rings is 1. The van der Waals surface area contributed by atoms with E-state index in [1.165, 1.54) is 0 Å². The fourth-order valence-electron chi connectivity index (χ4n) is 5.80. The molecule has 3 saturated heterocycles. The number of nitrogens with zero attached hydrogens (tertiary/aromatic N) is 7. The van der Waals surface area contributed by atoms with E-state index in [4.69, 9.17) is 14.7 Å². The van der Waals surface area contributed by atoms with E-state index in [-0.39, 0.29) is 17.9 Å². The van der Waals surface area contributed by atoms with E-state index in [1.807, 2.05) is 44.7 Å². The zero-order valence-electron chi connectivity index (χ0n) is 25.1. The molecule has 3 aliphatic heterocycles. The number of likely N-dealkylation sites (tertiary alicyclic amines) is 2. The van der Waals surface area contributed by atoms with Gasteiger partial charge in [-0.3, -0.25) is 9.89 Å². The van der Waals surface area contributed by atoms with Gasteiger partial charge in [-0.1, -0.05) is 0 Å². The molecule has 3 fully saturated rings. The predicted molar refractivity (Wildman–Crippen MR) is 157 cm³/mol. The number of anilines is 3. The Kier molecular flexibility index (Phi) is 8.67. The molecule has 0 unspecified atom stereocenters. The molecule has 5 heterocycles. The smallest absolute Gasteiger partial charge is 0.410 e. The first-order valence-electron chi connectivity index (χ1n) is 14.9. The van der Waals surface area contributed by atoms with E-state index in [2.05, 4.69) is 32.4 Å². The molecular weight excluding hydrogens is 522 g/mol. The number of aryl methyl sites for hydroxylation is 1. The number of aromatic amines is 1. The van der Waals surface area contributed by atoms with Crippen molar-refractivity contribution in [2.75, 3.05) is 69.6 Å². The highest BCUT2D eigenvalue weighted by atomic mass is 16.6. The number of hydrogen-bond donors (Lipinski definition) is 2. The summed E-state index contributed by atoms with van der Waals surface area (Å²) in [5, 5.41) is 10.6. The van der Waals surface area contributed by atoms with Crippen LogP contribution in [0.1, 0.15) is 51.6 Å². The Morgan fingerprint density at radius 1 is 0.976 bits per heavy atom. The number of rotatable bonds is 6. The fourth-order valence-corrected chi connectivity index (χ4v) is 5.80. The van der Waals surface area contributed by atoms with Crippen molar-refractivity contribution in [3.63, 3.8) is 0 Å². The Bertz CT molecular complexity index is 1210. The largest absolute Gasteiger partial charge is 0.444 e. The van der Waals surface area contributed by atoms with Crippen LogP contribution in [0.15, 0.2) is 12.1 Å². The van der Waals surface area contributed by atoms with Crippen LogP contribution >= 0.6 is 0 Å². The van der Waals surface area contributed by atoms with Gasteiger partial charge in [-0.2, -0.15) is 5.10 Å². The number of carbonyl (C=O) groups is 2. The van der Waals surface area contributed by atoms with Crippen molar-refractivity contribution in [1.29, 1.82) is 0 Å². The zero-order valence-corrected chi connectivity index (χ0v) is 25.1.